The number of esters is 1. The van der Waals surface area contributed by atoms with Gasteiger partial charge >= 0.3 is 5.97 Å². The van der Waals surface area contributed by atoms with Crippen molar-refractivity contribution in [2.75, 3.05) is 12.4 Å². The Morgan fingerprint density at radius 2 is 1.58 bits per heavy atom. The number of rotatable bonds is 4. The molecule has 3 aromatic carbocycles. The number of carbonyl (C=O) groups excluding carboxylic acids is 1. The Morgan fingerprint density at radius 3 is 2.17 bits per heavy atom. The molecular formula is C18H12ClNO4. The van der Waals surface area contributed by atoms with E-state index in [1.165, 1.54) is 7.11 Å². The summed E-state index contributed by atoms with van der Waals surface area (Å²) in [5, 5.41) is 3.48. The summed E-state index contributed by atoms with van der Waals surface area (Å²) in [5.41, 5.74) is 1.05. The molecule has 0 aliphatic rings. The Bertz CT molecular complexity index is 968. The van der Waals surface area contributed by atoms with Crippen LogP contribution in [0.15, 0.2) is 58.1 Å². The molecule has 3 rings (SSSR count). The first-order valence-electron chi connectivity index (χ1n) is 7.06. The zero-order valence-corrected chi connectivity index (χ0v) is 13.4. The van der Waals surface area contributed by atoms with Crippen molar-refractivity contribution in [3.8, 4) is 11.1 Å². The fraction of sp³-hybridized carbons (Fsp3) is 0.0556. The fourth-order valence-corrected chi connectivity index (χ4v) is 2.48. The number of benzene rings is 2. The van der Waals surface area contributed by atoms with E-state index in [4.69, 9.17) is 11.6 Å². The molecule has 5 nitrogen and oxygen atoms in total. The maximum Gasteiger partial charge on any atom is 0.337 e. The molecule has 0 fully saturated rings. The molecule has 0 radical (unpaired) electrons. The number of halogens is 1. The maximum atomic E-state index is 11.9. The van der Waals surface area contributed by atoms with Gasteiger partial charge < -0.3 is 10.1 Å². The Balaban J connectivity index is 1.90. The highest BCUT2D eigenvalue weighted by atomic mass is 35.5. The first-order valence-corrected chi connectivity index (χ1v) is 7.43. The van der Waals surface area contributed by atoms with Gasteiger partial charge in [-0.25, -0.2) is 4.79 Å². The largest absolute Gasteiger partial charge is 0.465 e. The molecule has 0 unspecified atom stereocenters. The highest BCUT2D eigenvalue weighted by molar-refractivity contribution is 6.30. The number of hydrogen-bond donors (Lipinski definition) is 1. The summed E-state index contributed by atoms with van der Waals surface area (Å²) in [7, 11) is 1.30. The first-order chi connectivity index (χ1) is 11.5. The number of ether oxygens (including phenoxy) is 1. The van der Waals surface area contributed by atoms with Crippen molar-refractivity contribution in [2.45, 2.75) is 0 Å². The number of methoxy groups -OCH3 is 1. The van der Waals surface area contributed by atoms with Crippen LogP contribution in [0.4, 0.5) is 11.4 Å². The second-order valence-electron chi connectivity index (χ2n) is 5.11. The summed E-state index contributed by atoms with van der Waals surface area (Å²) in [5.74, 6) is -0.447. The topological polar surface area (TPSA) is 72.5 Å². The predicted molar refractivity (Wildman–Crippen MR) is 92.9 cm³/mol. The Morgan fingerprint density at radius 1 is 0.958 bits per heavy atom. The molecule has 0 aliphatic carbocycles. The van der Waals surface area contributed by atoms with Crippen LogP contribution < -0.4 is 16.2 Å². The van der Waals surface area contributed by atoms with E-state index in [-0.39, 0.29) is 5.69 Å². The number of anilines is 2. The standard InChI is InChI=1S/C18H12ClNO4/c1-24-18(23)11-4-8-13(9-5-11)20-15-14(16(21)17(15)22)10-2-6-12(19)7-3-10/h2-9,20H,1H3. The van der Waals surface area contributed by atoms with Crippen LogP contribution in [0.3, 0.4) is 0 Å². The molecular weight excluding hydrogens is 330 g/mol. The van der Waals surface area contributed by atoms with E-state index in [9.17, 15) is 14.4 Å². The Hall–Kier alpha value is -2.92. The SMILES string of the molecule is COC(=O)c1ccc(Nc2c(-c3ccc(Cl)cc3)c(=O)c2=O)cc1. The fourth-order valence-electron chi connectivity index (χ4n) is 2.35. The molecule has 120 valence electrons. The lowest BCUT2D eigenvalue weighted by Gasteiger charge is -2.13. The van der Waals surface area contributed by atoms with E-state index >= 15 is 0 Å². The maximum absolute atomic E-state index is 11.9. The molecule has 0 aliphatic heterocycles. The molecule has 0 atom stereocenters. The van der Waals surface area contributed by atoms with Gasteiger partial charge in [-0.3, -0.25) is 9.59 Å². The van der Waals surface area contributed by atoms with Crippen LogP contribution in [0.25, 0.3) is 11.1 Å². The van der Waals surface area contributed by atoms with Gasteiger partial charge in [0.05, 0.1) is 18.2 Å². The number of hydrogen-bond acceptors (Lipinski definition) is 5. The Kier molecular flexibility index (Phi) is 4.18. The van der Waals surface area contributed by atoms with Gasteiger partial charge in [0.15, 0.2) is 0 Å². The van der Waals surface area contributed by atoms with E-state index in [0.717, 1.165) is 0 Å². The average molecular weight is 342 g/mol. The molecule has 3 aromatic rings. The zero-order chi connectivity index (χ0) is 17.3. The second kappa shape index (κ2) is 6.29. The lowest BCUT2D eigenvalue weighted by Crippen LogP contribution is -2.35. The van der Waals surface area contributed by atoms with Crippen molar-refractivity contribution < 1.29 is 9.53 Å². The van der Waals surface area contributed by atoms with Crippen molar-refractivity contribution in [3.05, 3.63) is 79.6 Å². The molecule has 0 bridgehead atoms. The third-order valence-electron chi connectivity index (χ3n) is 3.62. The summed E-state index contributed by atoms with van der Waals surface area (Å²) in [4.78, 5) is 35.2. The van der Waals surface area contributed by atoms with Crippen LogP contribution in [-0.4, -0.2) is 13.1 Å². The van der Waals surface area contributed by atoms with Gasteiger partial charge in [-0.05, 0) is 42.0 Å². The van der Waals surface area contributed by atoms with Gasteiger partial charge in [0.25, 0.3) is 5.43 Å². The van der Waals surface area contributed by atoms with Crippen LogP contribution in [0.5, 0.6) is 0 Å². The minimum Gasteiger partial charge on any atom is -0.465 e. The van der Waals surface area contributed by atoms with Gasteiger partial charge in [0.1, 0.15) is 5.69 Å². The first kappa shape index (κ1) is 16.0. The molecule has 1 N–H and O–H groups in total. The minimum absolute atomic E-state index is 0.230. The van der Waals surface area contributed by atoms with E-state index in [2.05, 4.69) is 10.1 Å². The molecule has 0 heterocycles. The van der Waals surface area contributed by atoms with Crippen molar-refractivity contribution in [2.24, 2.45) is 0 Å². The monoisotopic (exact) mass is 341 g/mol. The third-order valence-corrected chi connectivity index (χ3v) is 3.87. The van der Waals surface area contributed by atoms with Crippen molar-refractivity contribution in [3.63, 3.8) is 0 Å². The predicted octanol–water partition coefficient (Wildman–Crippen LogP) is 3.13. The van der Waals surface area contributed by atoms with Gasteiger partial charge in [0.2, 0.25) is 5.43 Å². The van der Waals surface area contributed by atoms with E-state index < -0.39 is 16.8 Å². The molecule has 0 saturated carbocycles. The summed E-state index contributed by atoms with van der Waals surface area (Å²) in [6.07, 6.45) is 0. The van der Waals surface area contributed by atoms with Gasteiger partial charge in [-0.1, -0.05) is 23.7 Å². The van der Waals surface area contributed by atoms with Crippen molar-refractivity contribution in [1.82, 2.24) is 0 Å². The lowest BCUT2D eigenvalue weighted by atomic mass is 9.98. The highest BCUT2D eigenvalue weighted by Gasteiger charge is 2.22. The molecule has 24 heavy (non-hydrogen) atoms. The number of carbonyl (C=O) groups is 1. The van der Waals surface area contributed by atoms with E-state index in [1.807, 2.05) is 0 Å². The van der Waals surface area contributed by atoms with Crippen LogP contribution in [0, 0.1) is 0 Å². The highest BCUT2D eigenvalue weighted by Crippen LogP contribution is 2.27. The summed E-state index contributed by atoms with van der Waals surface area (Å²) >= 11 is 5.84. The summed E-state index contributed by atoms with van der Waals surface area (Å²) in [6, 6.07) is 13.1. The molecule has 0 amide bonds. The van der Waals surface area contributed by atoms with Crippen LogP contribution in [0.2, 0.25) is 5.02 Å². The van der Waals surface area contributed by atoms with Crippen LogP contribution >= 0.6 is 11.6 Å². The molecule has 6 heteroatoms. The second-order valence-corrected chi connectivity index (χ2v) is 5.55. The molecule has 0 saturated heterocycles. The zero-order valence-electron chi connectivity index (χ0n) is 12.6. The van der Waals surface area contributed by atoms with E-state index in [0.29, 0.717) is 27.4 Å². The van der Waals surface area contributed by atoms with Crippen LogP contribution in [-0.2, 0) is 4.74 Å². The normalized spacial score (nSPS) is 10.6. The number of nitrogens with one attached hydrogen (secondary N) is 1. The summed E-state index contributed by atoms with van der Waals surface area (Å²) < 4.78 is 4.63. The lowest BCUT2D eigenvalue weighted by molar-refractivity contribution is 0.0601. The van der Waals surface area contributed by atoms with Crippen molar-refractivity contribution >= 4 is 28.9 Å². The minimum atomic E-state index is -0.572. The average Bonchev–Trinajstić information content (AvgIpc) is 2.62. The van der Waals surface area contributed by atoms with Gasteiger partial charge in [-0.15, -0.1) is 0 Å². The molecule has 0 spiro atoms. The van der Waals surface area contributed by atoms with Crippen LogP contribution in [0.1, 0.15) is 10.4 Å². The van der Waals surface area contributed by atoms with Gasteiger partial charge in [0, 0.05) is 10.7 Å². The Labute approximate surface area is 142 Å². The van der Waals surface area contributed by atoms with Gasteiger partial charge in [-0.2, -0.15) is 0 Å². The summed E-state index contributed by atoms with van der Waals surface area (Å²) in [6.45, 7) is 0. The smallest absolute Gasteiger partial charge is 0.337 e. The quantitative estimate of drug-likeness (QED) is 0.583. The van der Waals surface area contributed by atoms with E-state index in [1.54, 1.807) is 48.5 Å². The third kappa shape index (κ3) is 2.81. The molecule has 0 aromatic heterocycles. The van der Waals surface area contributed by atoms with Crippen molar-refractivity contribution in [1.29, 1.82) is 0 Å².